The number of carbonyl (C=O) groups excluding carboxylic acids is 1. The second kappa shape index (κ2) is 6.99. The maximum atomic E-state index is 11.6. The van der Waals surface area contributed by atoms with E-state index in [4.69, 9.17) is 17.3 Å². The van der Waals surface area contributed by atoms with E-state index in [-0.39, 0.29) is 5.91 Å². The van der Waals surface area contributed by atoms with Crippen molar-refractivity contribution in [2.24, 2.45) is 11.7 Å². The molecule has 0 saturated carbocycles. The molecule has 1 atom stereocenters. The second-order valence-corrected chi connectivity index (χ2v) is 6.28. The molecule has 3 N–H and O–H groups in total. The van der Waals surface area contributed by atoms with E-state index in [1.165, 1.54) is 4.88 Å². The number of nitrogens with one attached hydrogen (secondary N) is 1. The van der Waals surface area contributed by atoms with Gasteiger partial charge in [-0.1, -0.05) is 25.4 Å². The minimum atomic E-state index is -0.401. The Hall–Kier alpha value is -0.580. The van der Waals surface area contributed by atoms with Crippen LogP contribution in [0.25, 0.3) is 0 Å². The number of hydrogen-bond acceptors (Lipinski definition) is 3. The highest BCUT2D eigenvalue weighted by Crippen LogP contribution is 2.21. The molecule has 1 rings (SSSR count). The highest BCUT2D eigenvalue weighted by atomic mass is 35.5. The fourth-order valence-corrected chi connectivity index (χ4v) is 2.63. The Morgan fingerprint density at radius 1 is 1.53 bits per heavy atom. The largest absolute Gasteiger partial charge is 0.354 e. The molecule has 0 radical (unpaired) electrons. The Labute approximate surface area is 111 Å². The lowest BCUT2D eigenvalue weighted by Gasteiger charge is -2.13. The van der Waals surface area contributed by atoms with Crippen LogP contribution < -0.4 is 11.1 Å². The smallest absolute Gasteiger partial charge is 0.236 e. The second-order valence-electron chi connectivity index (χ2n) is 4.48. The van der Waals surface area contributed by atoms with Crippen molar-refractivity contribution in [3.05, 3.63) is 21.3 Å². The minimum absolute atomic E-state index is 0.0682. The summed E-state index contributed by atoms with van der Waals surface area (Å²) in [7, 11) is 0. The van der Waals surface area contributed by atoms with Crippen LogP contribution in [0.4, 0.5) is 0 Å². The number of thiophene rings is 1. The Balaban J connectivity index is 2.24. The molecule has 3 nitrogen and oxygen atoms in total. The van der Waals surface area contributed by atoms with Crippen LogP contribution in [0.15, 0.2) is 12.1 Å². The molecule has 0 aromatic carbocycles. The van der Waals surface area contributed by atoms with Crippen LogP contribution in [0.1, 0.15) is 25.1 Å². The van der Waals surface area contributed by atoms with Gasteiger partial charge in [0.25, 0.3) is 0 Å². The zero-order chi connectivity index (χ0) is 12.8. The highest BCUT2D eigenvalue weighted by Gasteiger charge is 2.14. The zero-order valence-corrected chi connectivity index (χ0v) is 11.8. The van der Waals surface area contributed by atoms with Gasteiger partial charge in [0.05, 0.1) is 10.4 Å². The number of hydrogen-bond donors (Lipinski definition) is 2. The van der Waals surface area contributed by atoms with Crippen LogP contribution in [0.3, 0.4) is 0 Å². The first-order valence-electron chi connectivity index (χ1n) is 5.76. The van der Waals surface area contributed by atoms with E-state index in [1.807, 2.05) is 12.1 Å². The summed E-state index contributed by atoms with van der Waals surface area (Å²) in [6, 6.07) is 3.45. The molecule has 0 aliphatic carbocycles. The van der Waals surface area contributed by atoms with E-state index < -0.39 is 6.04 Å². The van der Waals surface area contributed by atoms with E-state index in [2.05, 4.69) is 19.2 Å². The van der Waals surface area contributed by atoms with E-state index in [1.54, 1.807) is 11.3 Å². The average molecular weight is 275 g/mol. The first-order chi connectivity index (χ1) is 7.99. The molecule has 0 fully saturated rings. The van der Waals surface area contributed by atoms with Gasteiger partial charge in [-0.25, -0.2) is 0 Å². The minimum Gasteiger partial charge on any atom is -0.354 e. The van der Waals surface area contributed by atoms with Gasteiger partial charge in [0, 0.05) is 11.4 Å². The first kappa shape index (κ1) is 14.5. The van der Waals surface area contributed by atoms with Gasteiger partial charge in [-0.3, -0.25) is 4.79 Å². The average Bonchev–Trinajstić information content (AvgIpc) is 2.63. The van der Waals surface area contributed by atoms with E-state index in [0.717, 1.165) is 17.2 Å². The highest BCUT2D eigenvalue weighted by molar-refractivity contribution is 7.16. The van der Waals surface area contributed by atoms with Crippen LogP contribution >= 0.6 is 22.9 Å². The molecule has 0 saturated heterocycles. The van der Waals surface area contributed by atoms with Gasteiger partial charge in [-0.2, -0.15) is 0 Å². The molecule has 1 unspecified atom stereocenters. The van der Waals surface area contributed by atoms with Gasteiger partial charge in [-0.05, 0) is 30.9 Å². The molecular weight excluding hydrogens is 256 g/mol. The predicted molar refractivity (Wildman–Crippen MR) is 73.5 cm³/mol. The molecule has 1 amide bonds. The molecule has 0 aliphatic heterocycles. The molecule has 0 bridgehead atoms. The standard InChI is InChI=1S/C12H19ClN2OS/c1-8(2)7-10(14)12(16)15-6-5-9-3-4-11(13)17-9/h3-4,8,10H,5-7,14H2,1-2H3,(H,15,16). The van der Waals surface area contributed by atoms with E-state index in [9.17, 15) is 4.79 Å². The van der Waals surface area contributed by atoms with Crippen molar-refractivity contribution >= 4 is 28.8 Å². The number of halogens is 1. The van der Waals surface area contributed by atoms with Crippen molar-refractivity contribution in [3.63, 3.8) is 0 Å². The van der Waals surface area contributed by atoms with Crippen molar-refractivity contribution in [1.82, 2.24) is 5.32 Å². The van der Waals surface area contributed by atoms with Crippen molar-refractivity contribution < 1.29 is 4.79 Å². The Bertz CT molecular complexity index is 365. The fourth-order valence-electron chi connectivity index (χ4n) is 1.54. The topological polar surface area (TPSA) is 55.1 Å². The van der Waals surface area contributed by atoms with Gasteiger partial charge >= 0.3 is 0 Å². The van der Waals surface area contributed by atoms with E-state index >= 15 is 0 Å². The lowest BCUT2D eigenvalue weighted by molar-refractivity contribution is -0.122. The lowest BCUT2D eigenvalue weighted by atomic mass is 10.0. The monoisotopic (exact) mass is 274 g/mol. The van der Waals surface area contributed by atoms with Gasteiger partial charge in [0.15, 0.2) is 0 Å². The summed E-state index contributed by atoms with van der Waals surface area (Å²) in [4.78, 5) is 12.8. The van der Waals surface area contributed by atoms with Crippen LogP contribution in [0.5, 0.6) is 0 Å². The maximum Gasteiger partial charge on any atom is 0.236 e. The Morgan fingerprint density at radius 3 is 2.76 bits per heavy atom. The maximum absolute atomic E-state index is 11.6. The Morgan fingerprint density at radius 2 is 2.24 bits per heavy atom. The van der Waals surface area contributed by atoms with Gasteiger partial charge in [-0.15, -0.1) is 11.3 Å². The van der Waals surface area contributed by atoms with Crippen LogP contribution in [-0.4, -0.2) is 18.5 Å². The SMILES string of the molecule is CC(C)CC(N)C(=O)NCCc1ccc(Cl)s1. The quantitative estimate of drug-likeness (QED) is 0.837. The summed E-state index contributed by atoms with van der Waals surface area (Å²) < 4.78 is 0.780. The van der Waals surface area contributed by atoms with Crippen molar-refractivity contribution in [1.29, 1.82) is 0 Å². The molecule has 0 aliphatic rings. The summed E-state index contributed by atoms with van der Waals surface area (Å²) in [5.74, 6) is 0.369. The predicted octanol–water partition coefficient (Wildman–Crippen LogP) is 2.43. The van der Waals surface area contributed by atoms with Crippen molar-refractivity contribution in [2.45, 2.75) is 32.7 Å². The summed E-state index contributed by atoms with van der Waals surface area (Å²) >= 11 is 7.36. The molecule has 1 aromatic rings. The third-order valence-corrected chi connectivity index (χ3v) is 3.65. The zero-order valence-electron chi connectivity index (χ0n) is 10.2. The van der Waals surface area contributed by atoms with Crippen molar-refractivity contribution in [3.8, 4) is 0 Å². The van der Waals surface area contributed by atoms with Crippen LogP contribution in [0, 0.1) is 5.92 Å². The molecule has 17 heavy (non-hydrogen) atoms. The summed E-state index contributed by atoms with van der Waals surface area (Å²) in [5.41, 5.74) is 5.77. The molecule has 0 spiro atoms. The molecular formula is C12H19ClN2OS. The summed E-state index contributed by atoms with van der Waals surface area (Å²) in [6.07, 6.45) is 1.52. The summed E-state index contributed by atoms with van der Waals surface area (Å²) in [5, 5.41) is 2.85. The fraction of sp³-hybridized carbons (Fsp3) is 0.583. The van der Waals surface area contributed by atoms with Gasteiger partial charge in [0.2, 0.25) is 5.91 Å². The van der Waals surface area contributed by atoms with Gasteiger partial charge < -0.3 is 11.1 Å². The third kappa shape index (κ3) is 5.52. The summed E-state index contributed by atoms with van der Waals surface area (Å²) in [6.45, 7) is 4.73. The normalized spacial score (nSPS) is 12.8. The van der Waals surface area contributed by atoms with E-state index in [0.29, 0.717) is 12.5 Å². The lowest BCUT2D eigenvalue weighted by Crippen LogP contribution is -2.42. The van der Waals surface area contributed by atoms with Crippen LogP contribution in [-0.2, 0) is 11.2 Å². The molecule has 96 valence electrons. The molecule has 1 heterocycles. The van der Waals surface area contributed by atoms with Crippen LogP contribution in [0.2, 0.25) is 4.34 Å². The van der Waals surface area contributed by atoms with Crippen molar-refractivity contribution in [2.75, 3.05) is 6.54 Å². The first-order valence-corrected chi connectivity index (χ1v) is 6.96. The third-order valence-electron chi connectivity index (χ3n) is 2.36. The molecule has 5 heteroatoms. The van der Waals surface area contributed by atoms with Gasteiger partial charge in [0.1, 0.15) is 0 Å². The number of rotatable bonds is 6. The number of carbonyl (C=O) groups is 1. The number of amides is 1. The Kier molecular flexibility index (Phi) is 5.95. The number of nitrogens with two attached hydrogens (primary N) is 1. The molecule has 1 aromatic heterocycles.